The van der Waals surface area contributed by atoms with Crippen LogP contribution in [0, 0.1) is 11.3 Å². The number of benzene rings is 1. The van der Waals surface area contributed by atoms with Crippen LogP contribution in [0.5, 0.6) is 0 Å². The first-order valence-electron chi connectivity index (χ1n) is 9.16. The SMILES string of the molecule is COC(=O)Nc1cc(Nc2cc(NC3CC3)c3ncc(C#N)n3n2)cc(C(F)(F)F)c1. The Labute approximate surface area is 173 Å². The molecule has 1 aliphatic carbocycles. The van der Waals surface area contributed by atoms with E-state index in [0.29, 0.717) is 11.3 Å². The molecule has 3 N–H and O–H groups in total. The smallest absolute Gasteiger partial charge is 0.416 e. The molecule has 1 saturated carbocycles. The fourth-order valence-electron chi connectivity index (χ4n) is 2.91. The van der Waals surface area contributed by atoms with E-state index in [1.165, 1.54) is 16.8 Å². The van der Waals surface area contributed by atoms with Crippen molar-refractivity contribution in [2.75, 3.05) is 23.1 Å². The number of ether oxygens (including phenoxy) is 1. The van der Waals surface area contributed by atoms with Gasteiger partial charge >= 0.3 is 12.3 Å². The van der Waals surface area contributed by atoms with Crippen LogP contribution in [0.3, 0.4) is 0 Å². The Hall–Kier alpha value is -4.01. The first kappa shape index (κ1) is 20.3. The van der Waals surface area contributed by atoms with E-state index in [2.05, 4.69) is 30.8 Å². The summed E-state index contributed by atoms with van der Waals surface area (Å²) in [6.45, 7) is 0. The number of nitrogens with zero attached hydrogens (tertiary/aromatic N) is 4. The molecule has 2 heterocycles. The Morgan fingerprint density at radius 1 is 1.26 bits per heavy atom. The molecule has 0 aliphatic heterocycles. The highest BCUT2D eigenvalue weighted by Gasteiger charge is 2.31. The lowest BCUT2D eigenvalue weighted by atomic mass is 10.1. The topological polar surface area (TPSA) is 116 Å². The van der Waals surface area contributed by atoms with E-state index in [1.807, 2.05) is 6.07 Å². The summed E-state index contributed by atoms with van der Waals surface area (Å²) in [5, 5.41) is 21.9. The van der Waals surface area contributed by atoms with Crippen molar-refractivity contribution in [1.82, 2.24) is 14.6 Å². The van der Waals surface area contributed by atoms with Gasteiger partial charge in [0, 0.05) is 23.5 Å². The molecule has 1 aliphatic rings. The van der Waals surface area contributed by atoms with Crippen LogP contribution in [0.2, 0.25) is 0 Å². The summed E-state index contributed by atoms with van der Waals surface area (Å²) in [6.07, 6.45) is -2.21. The maximum Gasteiger partial charge on any atom is 0.416 e. The van der Waals surface area contributed by atoms with Crippen molar-refractivity contribution in [3.8, 4) is 6.07 Å². The number of imidazole rings is 1. The molecule has 4 rings (SSSR count). The van der Waals surface area contributed by atoms with E-state index < -0.39 is 17.8 Å². The average Bonchev–Trinajstić information content (AvgIpc) is 3.43. The summed E-state index contributed by atoms with van der Waals surface area (Å²) in [5.74, 6) is 0.188. The molecule has 1 amide bonds. The molecule has 9 nitrogen and oxygen atoms in total. The van der Waals surface area contributed by atoms with Gasteiger partial charge in [0.2, 0.25) is 0 Å². The first-order valence-corrected chi connectivity index (χ1v) is 9.16. The molecule has 12 heteroatoms. The third-order valence-electron chi connectivity index (χ3n) is 4.48. The van der Waals surface area contributed by atoms with Crippen LogP contribution in [0.25, 0.3) is 5.65 Å². The Morgan fingerprint density at radius 2 is 2.00 bits per heavy atom. The minimum Gasteiger partial charge on any atom is -0.453 e. The molecule has 1 fully saturated rings. The third kappa shape index (κ3) is 4.45. The Morgan fingerprint density at radius 3 is 2.65 bits per heavy atom. The number of nitriles is 1. The molecule has 2 aromatic heterocycles. The van der Waals surface area contributed by atoms with Crippen molar-refractivity contribution in [3.63, 3.8) is 0 Å². The number of amides is 1. The van der Waals surface area contributed by atoms with Crippen molar-refractivity contribution in [2.45, 2.75) is 25.1 Å². The van der Waals surface area contributed by atoms with Gasteiger partial charge in [-0.25, -0.2) is 9.78 Å². The highest BCUT2D eigenvalue weighted by atomic mass is 19.4. The van der Waals surface area contributed by atoms with Crippen molar-refractivity contribution >= 4 is 34.6 Å². The zero-order valence-electron chi connectivity index (χ0n) is 16.1. The lowest BCUT2D eigenvalue weighted by molar-refractivity contribution is -0.137. The highest BCUT2D eigenvalue weighted by molar-refractivity contribution is 5.86. The molecule has 160 valence electrons. The second kappa shape index (κ2) is 7.67. The molecule has 0 saturated heterocycles. The number of fused-ring (bicyclic) bond motifs is 1. The lowest BCUT2D eigenvalue weighted by Crippen LogP contribution is -2.13. The van der Waals surface area contributed by atoms with Gasteiger partial charge in [-0.1, -0.05) is 0 Å². The number of hydrogen-bond donors (Lipinski definition) is 3. The maximum absolute atomic E-state index is 13.3. The summed E-state index contributed by atoms with van der Waals surface area (Å²) in [6, 6.07) is 6.85. The average molecular weight is 431 g/mol. The van der Waals surface area contributed by atoms with E-state index in [0.717, 1.165) is 32.1 Å². The normalized spacial score (nSPS) is 13.5. The zero-order valence-corrected chi connectivity index (χ0v) is 16.1. The van der Waals surface area contributed by atoms with E-state index in [1.54, 1.807) is 6.07 Å². The van der Waals surface area contributed by atoms with Crippen molar-refractivity contribution in [1.29, 1.82) is 5.26 Å². The predicted molar refractivity (Wildman–Crippen MR) is 105 cm³/mol. The van der Waals surface area contributed by atoms with Crippen LogP contribution >= 0.6 is 0 Å². The largest absolute Gasteiger partial charge is 0.453 e. The molecule has 1 aromatic carbocycles. The number of rotatable bonds is 5. The summed E-state index contributed by atoms with van der Waals surface area (Å²) in [4.78, 5) is 15.7. The van der Waals surface area contributed by atoms with Gasteiger partial charge in [-0.2, -0.15) is 22.9 Å². The predicted octanol–water partition coefficient (Wildman–Crippen LogP) is 4.12. The van der Waals surface area contributed by atoms with Gasteiger partial charge in [0.05, 0.1) is 24.6 Å². The number of nitrogens with one attached hydrogen (secondary N) is 3. The summed E-state index contributed by atoms with van der Waals surface area (Å²) < 4.78 is 45.8. The number of carbonyl (C=O) groups excluding carboxylic acids is 1. The number of carbonyl (C=O) groups is 1. The van der Waals surface area contributed by atoms with Crippen LogP contribution in [-0.2, 0) is 10.9 Å². The zero-order chi connectivity index (χ0) is 22.2. The van der Waals surface area contributed by atoms with Gasteiger partial charge in [0.25, 0.3) is 0 Å². The summed E-state index contributed by atoms with van der Waals surface area (Å²) in [7, 11) is 1.10. The van der Waals surface area contributed by atoms with Gasteiger partial charge in [-0.05, 0) is 31.0 Å². The van der Waals surface area contributed by atoms with E-state index >= 15 is 0 Å². The second-order valence-corrected chi connectivity index (χ2v) is 6.89. The minimum absolute atomic E-state index is 0.0315. The summed E-state index contributed by atoms with van der Waals surface area (Å²) in [5.41, 5.74) is 0.162. The van der Waals surface area contributed by atoms with Crippen LogP contribution < -0.4 is 16.0 Å². The molecular weight excluding hydrogens is 415 g/mol. The van der Waals surface area contributed by atoms with Crippen molar-refractivity contribution < 1.29 is 22.7 Å². The fraction of sp³-hybridized carbons (Fsp3) is 0.263. The number of alkyl halides is 3. The van der Waals surface area contributed by atoms with Crippen LogP contribution in [0.4, 0.5) is 40.8 Å². The van der Waals surface area contributed by atoms with E-state index in [9.17, 15) is 23.2 Å². The molecule has 0 atom stereocenters. The molecule has 0 bridgehead atoms. The Balaban J connectivity index is 1.74. The number of halogens is 3. The number of aromatic nitrogens is 3. The monoisotopic (exact) mass is 431 g/mol. The summed E-state index contributed by atoms with van der Waals surface area (Å²) >= 11 is 0. The molecule has 0 radical (unpaired) electrons. The highest BCUT2D eigenvalue weighted by Crippen LogP contribution is 2.35. The van der Waals surface area contributed by atoms with E-state index in [-0.39, 0.29) is 28.9 Å². The standard InChI is InChI=1S/C19H16F3N7O2/c1-31-18(30)27-13-5-10(19(20,21)22)4-12(6-13)26-16-7-15(25-11-2-3-11)17-24-9-14(8-23)29(17)28-16/h4-7,9,11,25H,2-3H2,1H3,(H,26,28)(H,27,30). The molecule has 3 aromatic rings. The van der Waals surface area contributed by atoms with Gasteiger partial charge in [0.1, 0.15) is 6.07 Å². The second-order valence-electron chi connectivity index (χ2n) is 6.89. The quantitative estimate of drug-likeness (QED) is 0.557. The van der Waals surface area contributed by atoms with Gasteiger partial charge in [-0.3, -0.25) is 5.32 Å². The number of methoxy groups -OCH3 is 1. The van der Waals surface area contributed by atoms with Crippen LogP contribution in [-0.4, -0.2) is 33.8 Å². The third-order valence-corrected chi connectivity index (χ3v) is 4.48. The molecule has 0 unspecified atom stereocenters. The van der Waals surface area contributed by atoms with Gasteiger partial charge < -0.3 is 15.4 Å². The maximum atomic E-state index is 13.3. The Bertz CT molecular complexity index is 1200. The number of anilines is 4. The fourth-order valence-corrected chi connectivity index (χ4v) is 2.91. The Kier molecular flexibility index (Phi) is 5.02. The minimum atomic E-state index is -4.64. The molecule has 0 spiro atoms. The van der Waals surface area contributed by atoms with Gasteiger partial charge in [0.15, 0.2) is 17.2 Å². The van der Waals surface area contributed by atoms with Crippen molar-refractivity contribution in [2.24, 2.45) is 0 Å². The van der Waals surface area contributed by atoms with Crippen molar-refractivity contribution in [3.05, 3.63) is 41.7 Å². The number of hydrogen-bond acceptors (Lipinski definition) is 7. The molecule has 31 heavy (non-hydrogen) atoms. The van der Waals surface area contributed by atoms with Crippen LogP contribution in [0.15, 0.2) is 30.5 Å². The van der Waals surface area contributed by atoms with Gasteiger partial charge in [-0.15, -0.1) is 5.10 Å². The lowest BCUT2D eigenvalue weighted by Gasteiger charge is -2.15. The first-order chi connectivity index (χ1) is 14.8. The van der Waals surface area contributed by atoms with Crippen LogP contribution in [0.1, 0.15) is 24.1 Å². The van der Waals surface area contributed by atoms with E-state index in [4.69, 9.17) is 0 Å². The molecular formula is C19H16F3N7O2.